The van der Waals surface area contributed by atoms with Crippen molar-refractivity contribution in [3.05, 3.63) is 23.8 Å². The van der Waals surface area contributed by atoms with Gasteiger partial charge < -0.3 is 4.90 Å². The van der Waals surface area contributed by atoms with Crippen LogP contribution in [-0.4, -0.2) is 55.0 Å². The molecule has 22 heavy (non-hydrogen) atoms. The molecule has 0 spiro atoms. The standard InChI is InChI=1S/C14H20N6OS/c1-2-12-16-14(19-18-12)22-9-13(21)20-7-3-4-10(8-20)11-5-6-15-17-11/h5-6,10H,2-4,7-9H2,1H3,(H,15,17)(H,16,18,19). The molecule has 118 valence electrons. The number of nitrogens with one attached hydrogen (secondary N) is 2. The number of H-pyrrole nitrogens is 2. The summed E-state index contributed by atoms with van der Waals surface area (Å²) in [5.41, 5.74) is 1.12. The highest BCUT2D eigenvalue weighted by atomic mass is 32.2. The van der Waals surface area contributed by atoms with Gasteiger partial charge >= 0.3 is 0 Å². The first-order valence-corrected chi connectivity index (χ1v) is 8.56. The van der Waals surface area contributed by atoms with Gasteiger partial charge in [-0.3, -0.25) is 15.0 Å². The monoisotopic (exact) mass is 320 g/mol. The lowest BCUT2D eigenvalue weighted by atomic mass is 9.95. The fraction of sp³-hybridized carbons (Fsp3) is 0.571. The minimum Gasteiger partial charge on any atom is -0.341 e. The van der Waals surface area contributed by atoms with Gasteiger partial charge in [-0.05, 0) is 18.9 Å². The highest BCUT2D eigenvalue weighted by Gasteiger charge is 2.25. The van der Waals surface area contributed by atoms with Crippen LogP contribution < -0.4 is 0 Å². The lowest BCUT2D eigenvalue weighted by molar-refractivity contribution is -0.129. The predicted molar refractivity (Wildman–Crippen MR) is 83.6 cm³/mol. The quantitative estimate of drug-likeness (QED) is 0.816. The number of rotatable bonds is 5. The number of aryl methyl sites for hydroxylation is 1. The zero-order chi connectivity index (χ0) is 15.4. The van der Waals surface area contributed by atoms with Gasteiger partial charge in [0.05, 0.1) is 5.75 Å². The molecular formula is C14H20N6OS. The van der Waals surface area contributed by atoms with Crippen molar-refractivity contribution in [3.63, 3.8) is 0 Å². The van der Waals surface area contributed by atoms with E-state index < -0.39 is 0 Å². The minimum absolute atomic E-state index is 0.150. The first-order valence-electron chi connectivity index (χ1n) is 7.57. The molecule has 1 saturated heterocycles. The van der Waals surface area contributed by atoms with Crippen LogP contribution in [0, 0.1) is 0 Å². The first kappa shape index (κ1) is 15.1. The van der Waals surface area contributed by atoms with Crippen LogP contribution in [0.3, 0.4) is 0 Å². The molecule has 3 heterocycles. The van der Waals surface area contributed by atoms with Gasteiger partial charge in [0.2, 0.25) is 11.1 Å². The minimum atomic E-state index is 0.150. The Balaban J connectivity index is 1.53. The summed E-state index contributed by atoms with van der Waals surface area (Å²) in [4.78, 5) is 18.6. The third-order valence-electron chi connectivity index (χ3n) is 3.91. The van der Waals surface area contributed by atoms with Gasteiger partial charge in [0, 0.05) is 37.3 Å². The fourth-order valence-electron chi connectivity index (χ4n) is 2.67. The number of piperidine rings is 1. The molecule has 3 rings (SSSR count). The number of thioether (sulfide) groups is 1. The maximum atomic E-state index is 12.4. The average Bonchev–Trinajstić information content (AvgIpc) is 3.24. The molecule has 0 radical (unpaired) electrons. The molecular weight excluding hydrogens is 300 g/mol. The van der Waals surface area contributed by atoms with Crippen LogP contribution in [0.2, 0.25) is 0 Å². The van der Waals surface area contributed by atoms with E-state index in [2.05, 4.69) is 25.4 Å². The summed E-state index contributed by atoms with van der Waals surface area (Å²) in [6.07, 6.45) is 4.71. The Bertz CT molecular complexity index is 611. The number of amides is 1. The Hall–Kier alpha value is -1.83. The van der Waals surface area contributed by atoms with Gasteiger partial charge in [0.1, 0.15) is 5.82 Å². The summed E-state index contributed by atoms with van der Waals surface area (Å²) >= 11 is 1.39. The Labute approximate surface area is 133 Å². The molecule has 1 amide bonds. The number of carbonyl (C=O) groups is 1. The van der Waals surface area contributed by atoms with E-state index in [0.717, 1.165) is 43.9 Å². The van der Waals surface area contributed by atoms with E-state index in [1.807, 2.05) is 17.9 Å². The summed E-state index contributed by atoms with van der Waals surface area (Å²) in [5, 5.41) is 14.6. The van der Waals surface area contributed by atoms with Gasteiger partial charge in [-0.15, -0.1) is 5.10 Å². The molecule has 0 saturated carbocycles. The van der Waals surface area contributed by atoms with Crippen molar-refractivity contribution in [1.82, 2.24) is 30.3 Å². The normalized spacial score (nSPS) is 18.6. The van der Waals surface area contributed by atoms with Crippen LogP contribution in [0.15, 0.2) is 17.4 Å². The number of hydrogen-bond acceptors (Lipinski definition) is 5. The number of aromatic amines is 2. The van der Waals surface area contributed by atoms with Crippen LogP contribution in [0.5, 0.6) is 0 Å². The Morgan fingerprint density at radius 2 is 2.41 bits per heavy atom. The van der Waals surface area contributed by atoms with Gasteiger partial charge in [0.15, 0.2) is 0 Å². The molecule has 2 aromatic heterocycles. The van der Waals surface area contributed by atoms with E-state index in [0.29, 0.717) is 16.8 Å². The molecule has 1 aliphatic rings. The topological polar surface area (TPSA) is 90.6 Å². The summed E-state index contributed by atoms with van der Waals surface area (Å²) in [7, 11) is 0. The van der Waals surface area contributed by atoms with Crippen molar-refractivity contribution in [3.8, 4) is 0 Å². The van der Waals surface area contributed by atoms with Crippen molar-refractivity contribution < 1.29 is 4.79 Å². The molecule has 1 unspecified atom stereocenters. The van der Waals surface area contributed by atoms with E-state index in [9.17, 15) is 4.79 Å². The maximum Gasteiger partial charge on any atom is 0.233 e. The highest BCUT2D eigenvalue weighted by molar-refractivity contribution is 7.99. The van der Waals surface area contributed by atoms with Crippen molar-refractivity contribution in [1.29, 1.82) is 0 Å². The third-order valence-corrected chi connectivity index (χ3v) is 4.74. The molecule has 0 aliphatic carbocycles. The largest absolute Gasteiger partial charge is 0.341 e. The van der Waals surface area contributed by atoms with Crippen LogP contribution in [0.4, 0.5) is 0 Å². The number of nitrogens with zero attached hydrogens (tertiary/aromatic N) is 4. The summed E-state index contributed by atoms with van der Waals surface area (Å²) in [6, 6.07) is 1.99. The van der Waals surface area contributed by atoms with Crippen molar-refractivity contribution in [2.45, 2.75) is 37.3 Å². The molecule has 1 fully saturated rings. The van der Waals surface area contributed by atoms with Gasteiger partial charge in [0.25, 0.3) is 0 Å². The van der Waals surface area contributed by atoms with E-state index in [-0.39, 0.29) is 5.91 Å². The first-order chi connectivity index (χ1) is 10.8. The van der Waals surface area contributed by atoms with Crippen molar-refractivity contribution >= 4 is 17.7 Å². The second-order valence-electron chi connectivity index (χ2n) is 5.40. The predicted octanol–water partition coefficient (Wildman–Crippen LogP) is 1.59. The van der Waals surface area contributed by atoms with Crippen LogP contribution in [0.1, 0.15) is 37.2 Å². The second-order valence-corrected chi connectivity index (χ2v) is 6.34. The fourth-order valence-corrected chi connectivity index (χ4v) is 3.39. The Kier molecular flexibility index (Phi) is 4.77. The smallest absolute Gasteiger partial charge is 0.233 e. The summed E-state index contributed by atoms with van der Waals surface area (Å²) < 4.78 is 0. The van der Waals surface area contributed by atoms with Crippen LogP contribution in [0.25, 0.3) is 0 Å². The molecule has 0 aromatic carbocycles. The number of aromatic nitrogens is 5. The third kappa shape index (κ3) is 3.49. The molecule has 1 atom stereocenters. The number of carbonyl (C=O) groups excluding carboxylic acids is 1. The Morgan fingerprint density at radius 1 is 1.50 bits per heavy atom. The van der Waals surface area contributed by atoms with Gasteiger partial charge in [-0.1, -0.05) is 18.7 Å². The van der Waals surface area contributed by atoms with E-state index in [4.69, 9.17) is 0 Å². The molecule has 0 bridgehead atoms. The number of likely N-dealkylation sites (tertiary alicyclic amines) is 1. The molecule has 2 aromatic rings. The van der Waals surface area contributed by atoms with Crippen LogP contribution >= 0.6 is 11.8 Å². The molecule has 7 nitrogen and oxygen atoms in total. The maximum absolute atomic E-state index is 12.4. The van der Waals surface area contributed by atoms with E-state index in [1.165, 1.54) is 11.8 Å². The molecule has 8 heteroatoms. The van der Waals surface area contributed by atoms with Crippen molar-refractivity contribution in [2.24, 2.45) is 0 Å². The lowest BCUT2D eigenvalue weighted by Crippen LogP contribution is -2.40. The highest BCUT2D eigenvalue weighted by Crippen LogP contribution is 2.26. The second kappa shape index (κ2) is 6.95. The zero-order valence-corrected chi connectivity index (χ0v) is 13.4. The van der Waals surface area contributed by atoms with Crippen LogP contribution in [-0.2, 0) is 11.2 Å². The lowest BCUT2D eigenvalue weighted by Gasteiger charge is -2.32. The average molecular weight is 320 g/mol. The zero-order valence-electron chi connectivity index (χ0n) is 12.6. The van der Waals surface area contributed by atoms with E-state index in [1.54, 1.807) is 6.20 Å². The van der Waals surface area contributed by atoms with Gasteiger partial charge in [-0.25, -0.2) is 4.98 Å². The van der Waals surface area contributed by atoms with E-state index >= 15 is 0 Å². The summed E-state index contributed by atoms with van der Waals surface area (Å²) in [6.45, 7) is 3.61. The molecule has 1 aliphatic heterocycles. The SMILES string of the molecule is CCc1nc(SCC(=O)N2CCCC(c3ccn[nH]3)C2)n[nH]1. The van der Waals surface area contributed by atoms with Gasteiger partial charge in [-0.2, -0.15) is 5.10 Å². The number of hydrogen-bond donors (Lipinski definition) is 2. The van der Waals surface area contributed by atoms with Crippen molar-refractivity contribution in [2.75, 3.05) is 18.8 Å². The summed E-state index contributed by atoms with van der Waals surface area (Å²) in [5.74, 6) is 1.75. The Morgan fingerprint density at radius 3 is 3.14 bits per heavy atom. The molecule has 2 N–H and O–H groups in total.